The molecule has 0 aromatic carbocycles. The number of carbonyl (C=O) groups excluding carboxylic acids is 1. The molecule has 0 saturated heterocycles. The van der Waals surface area contributed by atoms with Crippen LogP contribution in [0.3, 0.4) is 0 Å². The third-order valence-corrected chi connectivity index (χ3v) is 13.2. The number of carbonyl (C=O) groups is 1. The second kappa shape index (κ2) is 8.62. The Bertz CT molecular complexity index is 964. The molecule has 212 valence electrons. The molecule has 4 saturated carbocycles. The molecular weight excluding hydrogens is 464 g/mol. The zero-order valence-corrected chi connectivity index (χ0v) is 24.9. The number of ketones is 1. The Labute approximate surface area is 225 Å². The Morgan fingerprint density at radius 3 is 2.11 bits per heavy atom. The summed E-state index contributed by atoms with van der Waals surface area (Å²) in [5, 5.41) is 47.7. The summed E-state index contributed by atoms with van der Waals surface area (Å²) in [6, 6.07) is 0. The summed E-state index contributed by atoms with van der Waals surface area (Å²) in [5.74, 6) is -0.661. The number of hydrogen-bond donors (Lipinski definition) is 4. The van der Waals surface area contributed by atoms with E-state index in [-0.39, 0.29) is 34.1 Å². The maximum absolute atomic E-state index is 13.5. The van der Waals surface area contributed by atoms with Crippen LogP contribution in [-0.4, -0.2) is 49.1 Å². The molecular formula is C32H54O5. The van der Waals surface area contributed by atoms with Gasteiger partial charge in [-0.25, -0.2) is 0 Å². The summed E-state index contributed by atoms with van der Waals surface area (Å²) in [6.07, 6.45) is 7.62. The van der Waals surface area contributed by atoms with Crippen molar-refractivity contribution in [1.29, 1.82) is 0 Å². The lowest BCUT2D eigenvalue weighted by atomic mass is 9.33. The van der Waals surface area contributed by atoms with Gasteiger partial charge in [-0.15, -0.1) is 0 Å². The zero-order valence-electron chi connectivity index (χ0n) is 24.9. The summed E-state index contributed by atoms with van der Waals surface area (Å²) < 4.78 is 0. The van der Waals surface area contributed by atoms with Crippen LogP contribution in [-0.2, 0) is 4.79 Å². The van der Waals surface area contributed by atoms with Gasteiger partial charge in [-0.1, -0.05) is 46.3 Å². The predicted molar refractivity (Wildman–Crippen MR) is 147 cm³/mol. The number of allylic oxidation sites excluding steroid dienone is 2. The van der Waals surface area contributed by atoms with E-state index in [1.807, 2.05) is 13.8 Å². The number of Topliss-reactive ketones (excluding diaryl/α,β-unsaturated/α-hetero) is 1. The Balaban J connectivity index is 1.84. The molecule has 4 fully saturated rings. The van der Waals surface area contributed by atoms with Gasteiger partial charge in [0, 0.05) is 5.92 Å². The van der Waals surface area contributed by atoms with Crippen molar-refractivity contribution in [2.45, 2.75) is 143 Å². The minimum Gasteiger partial charge on any atom is -0.393 e. The number of fused-ring (bicyclic) bond motifs is 5. The van der Waals surface area contributed by atoms with Crippen molar-refractivity contribution in [1.82, 2.24) is 0 Å². The monoisotopic (exact) mass is 518 g/mol. The van der Waals surface area contributed by atoms with Gasteiger partial charge in [0.05, 0.1) is 17.3 Å². The lowest BCUT2D eigenvalue weighted by molar-refractivity contribution is -0.291. The van der Waals surface area contributed by atoms with Gasteiger partial charge < -0.3 is 20.4 Å². The molecule has 1 unspecified atom stereocenters. The Hall–Kier alpha value is -0.750. The predicted octanol–water partition coefficient (Wildman–Crippen LogP) is 5.57. The van der Waals surface area contributed by atoms with E-state index < -0.39 is 28.1 Å². The van der Waals surface area contributed by atoms with Crippen LogP contribution in [0.15, 0.2) is 11.6 Å². The van der Waals surface area contributed by atoms with Gasteiger partial charge in [-0.05, 0) is 119 Å². The van der Waals surface area contributed by atoms with E-state index in [1.54, 1.807) is 6.92 Å². The van der Waals surface area contributed by atoms with Gasteiger partial charge in [-0.2, -0.15) is 0 Å². The first-order valence-electron chi connectivity index (χ1n) is 14.7. The highest BCUT2D eigenvalue weighted by Gasteiger charge is 2.78. The summed E-state index contributed by atoms with van der Waals surface area (Å²) in [5.41, 5.74) is -4.63. The molecule has 0 radical (unpaired) electrons. The first-order chi connectivity index (χ1) is 16.7. The van der Waals surface area contributed by atoms with Crippen molar-refractivity contribution in [3.05, 3.63) is 11.6 Å². The van der Waals surface area contributed by atoms with Crippen molar-refractivity contribution in [3.63, 3.8) is 0 Å². The first kappa shape index (κ1) is 29.2. The van der Waals surface area contributed by atoms with E-state index in [4.69, 9.17) is 0 Å². The van der Waals surface area contributed by atoms with Gasteiger partial charge in [0.15, 0.2) is 5.78 Å². The average Bonchev–Trinajstić information content (AvgIpc) is 3.07. The largest absolute Gasteiger partial charge is 0.393 e. The van der Waals surface area contributed by atoms with Crippen molar-refractivity contribution in [2.24, 2.45) is 39.4 Å². The average molecular weight is 519 g/mol. The molecule has 4 aliphatic carbocycles. The minimum atomic E-state index is -1.71. The minimum absolute atomic E-state index is 0.0821. The molecule has 0 aromatic heterocycles. The fourth-order valence-electron chi connectivity index (χ4n) is 10.7. The molecule has 4 aliphatic rings. The van der Waals surface area contributed by atoms with E-state index >= 15 is 0 Å². The normalized spacial score (nSPS) is 50.3. The maximum atomic E-state index is 13.5. The molecule has 0 heterocycles. The molecule has 0 aliphatic heterocycles. The van der Waals surface area contributed by atoms with Gasteiger partial charge in [0.25, 0.3) is 0 Å². The lowest BCUT2D eigenvalue weighted by Gasteiger charge is -2.72. The summed E-state index contributed by atoms with van der Waals surface area (Å²) in [4.78, 5) is 13.5. The third kappa shape index (κ3) is 3.73. The summed E-state index contributed by atoms with van der Waals surface area (Å²) in [7, 11) is 0. The second-order valence-electron chi connectivity index (χ2n) is 15.5. The highest BCUT2D eigenvalue weighted by Crippen LogP contribution is 2.78. The van der Waals surface area contributed by atoms with Gasteiger partial charge in [0.1, 0.15) is 5.60 Å². The molecule has 4 rings (SSSR count). The fraction of sp³-hybridized carbons (Fsp3) is 0.906. The molecule has 0 aromatic rings. The summed E-state index contributed by atoms with van der Waals surface area (Å²) in [6.45, 7) is 18.5. The molecule has 0 bridgehead atoms. The molecule has 5 nitrogen and oxygen atoms in total. The molecule has 10 atom stereocenters. The number of rotatable bonds is 5. The van der Waals surface area contributed by atoms with Crippen molar-refractivity contribution in [3.8, 4) is 0 Å². The Morgan fingerprint density at radius 1 is 0.919 bits per heavy atom. The molecule has 0 amide bonds. The lowest BCUT2D eigenvalue weighted by Crippen LogP contribution is -2.74. The molecule has 0 spiro atoms. The number of hydrogen-bond acceptors (Lipinski definition) is 5. The van der Waals surface area contributed by atoms with E-state index in [2.05, 4.69) is 40.7 Å². The van der Waals surface area contributed by atoms with Gasteiger partial charge >= 0.3 is 0 Å². The third-order valence-electron chi connectivity index (χ3n) is 13.2. The van der Waals surface area contributed by atoms with Crippen LogP contribution in [0.4, 0.5) is 0 Å². The zero-order chi connectivity index (χ0) is 28.0. The molecule has 4 N–H and O–H groups in total. The first-order valence-corrected chi connectivity index (χ1v) is 14.7. The van der Waals surface area contributed by atoms with Crippen molar-refractivity contribution in [2.75, 3.05) is 0 Å². The van der Waals surface area contributed by atoms with Crippen LogP contribution in [0, 0.1) is 39.4 Å². The summed E-state index contributed by atoms with van der Waals surface area (Å²) >= 11 is 0. The van der Waals surface area contributed by atoms with E-state index in [0.29, 0.717) is 38.0 Å². The van der Waals surface area contributed by atoms with Crippen LogP contribution in [0.1, 0.15) is 120 Å². The maximum Gasteiger partial charge on any atom is 0.161 e. The van der Waals surface area contributed by atoms with Crippen molar-refractivity contribution < 1.29 is 25.2 Å². The SMILES string of the molecule is CC(=O)[C@@]1(O)C[C@@H]2[C@@]3(C)CC[C@@H](O)C(C)(C)C3CC[C@@]2(C)[C@@]2(C)CC[C@](O)([C@@](C)(O)CCC=C(C)C)[C@@H]21. The number of aliphatic hydroxyl groups is 4. The number of aliphatic hydroxyl groups excluding tert-OH is 1. The Morgan fingerprint density at radius 2 is 1.54 bits per heavy atom. The van der Waals surface area contributed by atoms with Gasteiger partial charge in [-0.3, -0.25) is 4.79 Å². The molecule has 37 heavy (non-hydrogen) atoms. The van der Waals surface area contributed by atoms with E-state index in [0.717, 1.165) is 31.3 Å². The molecule has 5 heteroatoms. The van der Waals surface area contributed by atoms with Crippen LogP contribution >= 0.6 is 0 Å². The highest BCUT2D eigenvalue weighted by atomic mass is 16.4. The van der Waals surface area contributed by atoms with E-state index in [9.17, 15) is 25.2 Å². The van der Waals surface area contributed by atoms with Crippen LogP contribution in [0.5, 0.6) is 0 Å². The van der Waals surface area contributed by atoms with Crippen LogP contribution in [0.2, 0.25) is 0 Å². The van der Waals surface area contributed by atoms with Crippen molar-refractivity contribution >= 4 is 5.78 Å². The van der Waals surface area contributed by atoms with Crippen LogP contribution < -0.4 is 0 Å². The topological polar surface area (TPSA) is 98.0 Å². The Kier molecular flexibility index (Phi) is 6.81. The quantitative estimate of drug-likeness (QED) is 0.357. The van der Waals surface area contributed by atoms with Crippen LogP contribution in [0.25, 0.3) is 0 Å². The standard InChI is InChI=1S/C32H54O5/c1-20(2)11-10-14-30(9,35)32(37)18-17-29(8)25(32)31(36,21(3)33)19-23-27(6)15-13-24(34)26(4,5)22(27)12-16-28(23,29)7/h11,22-25,34-37H,10,12-19H2,1-9H3/t22?,23-,24-,25+,27+,28-,29+,30+,31+,32-/m1/s1. The highest BCUT2D eigenvalue weighted by molar-refractivity contribution is 5.86. The van der Waals surface area contributed by atoms with E-state index in [1.165, 1.54) is 6.92 Å². The smallest absolute Gasteiger partial charge is 0.161 e. The second-order valence-corrected chi connectivity index (χ2v) is 15.5. The fourth-order valence-corrected chi connectivity index (χ4v) is 10.7. The van der Waals surface area contributed by atoms with Gasteiger partial charge in [0.2, 0.25) is 0 Å².